The van der Waals surface area contributed by atoms with Crippen LogP contribution in [-0.4, -0.2) is 34.8 Å². The number of hydrogen-bond donors (Lipinski definition) is 0. The lowest BCUT2D eigenvalue weighted by Gasteiger charge is -2.20. The molecule has 0 aromatic carbocycles. The zero-order valence-corrected chi connectivity index (χ0v) is 10.1. The largest absolute Gasteiger partial charge is 0.450 e. The van der Waals surface area contributed by atoms with E-state index >= 15 is 0 Å². The molecule has 8 heteroatoms. The van der Waals surface area contributed by atoms with Crippen molar-refractivity contribution in [2.45, 2.75) is 44.4 Å². The summed E-state index contributed by atoms with van der Waals surface area (Å²) < 4.78 is 46.3. The maximum absolute atomic E-state index is 12.1. The molecule has 0 radical (unpaired) electrons. The Morgan fingerprint density at radius 2 is 2.16 bits per heavy atom. The Balaban J connectivity index is 1.89. The van der Waals surface area contributed by atoms with Crippen molar-refractivity contribution >= 4 is 5.78 Å². The predicted molar refractivity (Wildman–Crippen MR) is 56.4 cm³/mol. The summed E-state index contributed by atoms with van der Waals surface area (Å²) in [6.07, 6.45) is -2.51. The second-order valence-electron chi connectivity index (χ2n) is 4.39. The van der Waals surface area contributed by atoms with Crippen molar-refractivity contribution < 1.29 is 27.2 Å². The van der Waals surface area contributed by atoms with Crippen molar-refractivity contribution in [3.63, 3.8) is 0 Å². The molecule has 106 valence electrons. The first-order valence-electron chi connectivity index (χ1n) is 5.98. The minimum Gasteiger partial charge on any atom is -0.378 e. The number of Topliss-reactive ketones (excluding diaryl/α,β-unsaturated/α-hetero) is 1. The summed E-state index contributed by atoms with van der Waals surface area (Å²) in [4.78, 5) is 14.5. The maximum Gasteiger partial charge on any atom is 0.450 e. The molecule has 1 fully saturated rings. The number of ketones is 1. The van der Waals surface area contributed by atoms with E-state index < -0.39 is 18.4 Å². The molecule has 1 aromatic heterocycles. The molecule has 1 saturated heterocycles. The van der Waals surface area contributed by atoms with E-state index in [1.807, 2.05) is 0 Å². The van der Waals surface area contributed by atoms with E-state index in [-0.39, 0.29) is 17.8 Å². The van der Waals surface area contributed by atoms with Crippen LogP contribution >= 0.6 is 0 Å². The summed E-state index contributed by atoms with van der Waals surface area (Å²) in [7, 11) is 0. The van der Waals surface area contributed by atoms with Crippen molar-refractivity contribution in [1.29, 1.82) is 0 Å². The zero-order chi connectivity index (χ0) is 13.9. The zero-order valence-electron chi connectivity index (χ0n) is 10.1. The van der Waals surface area contributed by atoms with Gasteiger partial charge in [0.05, 0.1) is 12.5 Å². The highest BCUT2D eigenvalue weighted by molar-refractivity contribution is 5.85. The Morgan fingerprint density at radius 3 is 2.79 bits per heavy atom. The lowest BCUT2D eigenvalue weighted by Crippen LogP contribution is -2.24. The van der Waals surface area contributed by atoms with Gasteiger partial charge >= 0.3 is 6.18 Å². The number of alkyl halides is 3. The first kappa shape index (κ1) is 14.0. The molecule has 19 heavy (non-hydrogen) atoms. The van der Waals surface area contributed by atoms with Gasteiger partial charge in [0, 0.05) is 13.0 Å². The standard InChI is InChI=1S/C11H13F3N2O3/c12-11(13,14)8(17)6-10-15-9(16-19-10)5-7-3-1-2-4-18-7/h7H,1-6H2. The number of aromatic nitrogens is 2. The highest BCUT2D eigenvalue weighted by atomic mass is 19.4. The molecule has 0 saturated carbocycles. The van der Waals surface area contributed by atoms with Gasteiger partial charge in [-0.2, -0.15) is 18.2 Å². The summed E-state index contributed by atoms with van der Waals surface area (Å²) in [6, 6.07) is 0. The van der Waals surface area contributed by atoms with Crippen LogP contribution in [-0.2, 0) is 22.4 Å². The van der Waals surface area contributed by atoms with Crippen LogP contribution in [0.2, 0.25) is 0 Å². The van der Waals surface area contributed by atoms with Crippen LogP contribution in [0.4, 0.5) is 13.2 Å². The molecule has 1 aliphatic heterocycles. The van der Waals surface area contributed by atoms with Gasteiger partial charge in [0.1, 0.15) is 0 Å². The minimum atomic E-state index is -4.87. The molecule has 0 bridgehead atoms. The summed E-state index contributed by atoms with van der Waals surface area (Å²) in [5.74, 6) is -1.93. The van der Waals surface area contributed by atoms with Crippen LogP contribution < -0.4 is 0 Å². The molecule has 0 spiro atoms. The molecule has 1 aliphatic rings. The Hall–Kier alpha value is -1.44. The van der Waals surface area contributed by atoms with Crippen LogP contribution in [0.5, 0.6) is 0 Å². The van der Waals surface area contributed by atoms with Gasteiger partial charge in [-0.3, -0.25) is 4.79 Å². The van der Waals surface area contributed by atoms with Crippen molar-refractivity contribution in [2.75, 3.05) is 6.61 Å². The molecular formula is C11H13F3N2O3. The second kappa shape index (κ2) is 5.68. The lowest BCUT2D eigenvalue weighted by molar-refractivity contribution is -0.170. The van der Waals surface area contributed by atoms with Crippen LogP contribution in [0.3, 0.4) is 0 Å². The topological polar surface area (TPSA) is 65.2 Å². The SMILES string of the molecule is O=C(Cc1nc(CC2CCCCO2)no1)C(F)(F)F. The Morgan fingerprint density at radius 1 is 1.37 bits per heavy atom. The van der Waals surface area contributed by atoms with Crippen LogP contribution in [0, 0.1) is 0 Å². The molecule has 2 heterocycles. The highest BCUT2D eigenvalue weighted by Gasteiger charge is 2.39. The number of ether oxygens (including phenoxy) is 1. The molecule has 1 atom stereocenters. The number of hydrogen-bond acceptors (Lipinski definition) is 5. The third-order valence-corrected chi connectivity index (χ3v) is 2.82. The van der Waals surface area contributed by atoms with Crippen molar-refractivity contribution in [1.82, 2.24) is 10.1 Å². The Bertz CT molecular complexity index is 439. The average Bonchev–Trinajstić information content (AvgIpc) is 2.76. The van der Waals surface area contributed by atoms with E-state index in [0.29, 0.717) is 13.0 Å². The molecule has 2 rings (SSSR count). The number of rotatable bonds is 4. The summed E-state index contributed by atoms with van der Waals surface area (Å²) in [6.45, 7) is 0.669. The molecule has 5 nitrogen and oxygen atoms in total. The lowest BCUT2D eigenvalue weighted by atomic mass is 10.1. The second-order valence-corrected chi connectivity index (χ2v) is 4.39. The fraction of sp³-hybridized carbons (Fsp3) is 0.727. The van der Waals surface area contributed by atoms with Gasteiger partial charge in [-0.25, -0.2) is 0 Å². The monoisotopic (exact) mass is 278 g/mol. The highest BCUT2D eigenvalue weighted by Crippen LogP contribution is 2.19. The van der Waals surface area contributed by atoms with E-state index in [1.165, 1.54) is 0 Å². The molecule has 0 aliphatic carbocycles. The van der Waals surface area contributed by atoms with E-state index in [0.717, 1.165) is 19.3 Å². The van der Waals surface area contributed by atoms with E-state index in [9.17, 15) is 18.0 Å². The van der Waals surface area contributed by atoms with Gasteiger partial charge in [-0.05, 0) is 19.3 Å². The van der Waals surface area contributed by atoms with Crippen LogP contribution in [0.1, 0.15) is 31.0 Å². The van der Waals surface area contributed by atoms with E-state index in [1.54, 1.807) is 0 Å². The summed E-state index contributed by atoms with van der Waals surface area (Å²) >= 11 is 0. The van der Waals surface area contributed by atoms with Crippen molar-refractivity contribution in [3.8, 4) is 0 Å². The number of carbonyl (C=O) groups excluding carboxylic acids is 1. The quantitative estimate of drug-likeness (QED) is 0.841. The van der Waals surface area contributed by atoms with Gasteiger partial charge in [0.15, 0.2) is 5.82 Å². The molecule has 1 unspecified atom stereocenters. The fourth-order valence-corrected chi connectivity index (χ4v) is 1.85. The molecule has 1 aromatic rings. The number of nitrogens with zero attached hydrogens (tertiary/aromatic N) is 2. The van der Waals surface area contributed by atoms with Gasteiger partial charge in [-0.15, -0.1) is 0 Å². The summed E-state index contributed by atoms with van der Waals surface area (Å²) in [5.41, 5.74) is 0. The minimum absolute atomic E-state index is 0.0301. The smallest absolute Gasteiger partial charge is 0.378 e. The van der Waals surface area contributed by atoms with Crippen LogP contribution in [0.15, 0.2) is 4.52 Å². The average molecular weight is 278 g/mol. The van der Waals surface area contributed by atoms with Crippen molar-refractivity contribution in [2.24, 2.45) is 0 Å². The predicted octanol–water partition coefficient (Wildman–Crippen LogP) is 1.86. The van der Waals surface area contributed by atoms with Crippen molar-refractivity contribution in [3.05, 3.63) is 11.7 Å². The third kappa shape index (κ3) is 4.02. The third-order valence-electron chi connectivity index (χ3n) is 2.82. The normalized spacial score (nSPS) is 20.5. The first-order chi connectivity index (χ1) is 8.95. The van der Waals surface area contributed by atoms with Crippen LogP contribution in [0.25, 0.3) is 0 Å². The summed E-state index contributed by atoms with van der Waals surface area (Å²) in [5, 5.41) is 3.56. The van der Waals surface area contributed by atoms with Gasteiger partial charge in [0.25, 0.3) is 0 Å². The molecule has 0 amide bonds. The Kier molecular flexibility index (Phi) is 4.18. The number of carbonyl (C=O) groups is 1. The van der Waals surface area contributed by atoms with E-state index in [2.05, 4.69) is 14.7 Å². The molecule has 0 N–H and O–H groups in total. The van der Waals surface area contributed by atoms with Gasteiger partial charge in [0.2, 0.25) is 11.7 Å². The van der Waals surface area contributed by atoms with Gasteiger partial charge < -0.3 is 9.26 Å². The van der Waals surface area contributed by atoms with E-state index in [4.69, 9.17) is 4.74 Å². The number of halogens is 3. The fourth-order valence-electron chi connectivity index (χ4n) is 1.85. The first-order valence-corrected chi connectivity index (χ1v) is 5.98. The maximum atomic E-state index is 12.1. The van der Waals surface area contributed by atoms with Gasteiger partial charge in [-0.1, -0.05) is 5.16 Å². The molecular weight excluding hydrogens is 265 g/mol. The Labute approximate surface area is 107 Å².